The van der Waals surface area contributed by atoms with E-state index in [1.807, 2.05) is 0 Å². The van der Waals surface area contributed by atoms with Crippen molar-refractivity contribution >= 4 is 11.6 Å². The number of aliphatic hydroxyl groups excluding tert-OH is 1. The maximum Gasteiger partial charge on any atom is 0.411 e. The predicted octanol–water partition coefficient (Wildman–Crippen LogP) is 3.26. The highest BCUT2D eigenvalue weighted by Gasteiger charge is 2.27. The summed E-state index contributed by atoms with van der Waals surface area (Å²) in [7, 11) is 0. The highest BCUT2D eigenvalue weighted by atomic mass is 35.5. The van der Waals surface area contributed by atoms with E-state index in [1.165, 1.54) is 6.07 Å². The van der Waals surface area contributed by atoms with E-state index in [1.54, 1.807) is 19.1 Å². The molecule has 96 valence electrons. The first-order valence-corrected chi connectivity index (χ1v) is 5.26. The minimum atomic E-state index is -4.38. The van der Waals surface area contributed by atoms with Crippen LogP contribution in [-0.4, -0.2) is 24.5 Å². The maximum absolute atomic E-state index is 11.8. The zero-order valence-corrected chi connectivity index (χ0v) is 9.85. The third-order valence-electron chi connectivity index (χ3n) is 2.12. The number of halogens is 4. The predicted molar refractivity (Wildman–Crippen MR) is 58.0 cm³/mol. The first kappa shape index (κ1) is 14.3. The molecule has 1 atom stereocenters. The molecule has 6 heteroatoms. The van der Waals surface area contributed by atoms with E-state index in [2.05, 4.69) is 4.74 Å². The van der Waals surface area contributed by atoms with Crippen molar-refractivity contribution in [1.82, 2.24) is 0 Å². The SMILES string of the molecule is Cc1ccc(C(O)COCC(F)(F)F)cc1Cl. The highest BCUT2D eigenvalue weighted by molar-refractivity contribution is 6.31. The largest absolute Gasteiger partial charge is 0.411 e. The molecule has 1 aromatic carbocycles. The van der Waals surface area contributed by atoms with Gasteiger partial charge in [-0.05, 0) is 24.1 Å². The standard InChI is InChI=1S/C11H12ClF3O2/c1-7-2-3-8(4-9(7)12)10(16)5-17-6-11(13,14)15/h2-4,10,16H,5-6H2,1H3. The van der Waals surface area contributed by atoms with Gasteiger partial charge in [0.1, 0.15) is 12.7 Å². The molecule has 0 bridgehead atoms. The summed E-state index contributed by atoms with van der Waals surface area (Å²) in [5.74, 6) is 0. The number of rotatable bonds is 4. The molecule has 17 heavy (non-hydrogen) atoms. The zero-order chi connectivity index (χ0) is 13.1. The van der Waals surface area contributed by atoms with Crippen LogP contribution in [0, 0.1) is 6.92 Å². The van der Waals surface area contributed by atoms with Gasteiger partial charge < -0.3 is 9.84 Å². The Hall–Kier alpha value is -0.780. The molecule has 1 unspecified atom stereocenters. The van der Waals surface area contributed by atoms with Gasteiger partial charge in [-0.25, -0.2) is 0 Å². The number of aryl methyl sites for hydroxylation is 1. The van der Waals surface area contributed by atoms with Gasteiger partial charge in [0.15, 0.2) is 0 Å². The van der Waals surface area contributed by atoms with Gasteiger partial charge in [0, 0.05) is 5.02 Å². The number of aliphatic hydroxyl groups is 1. The average molecular weight is 269 g/mol. The number of hydrogen-bond acceptors (Lipinski definition) is 2. The molecular weight excluding hydrogens is 257 g/mol. The number of hydrogen-bond donors (Lipinski definition) is 1. The molecule has 2 nitrogen and oxygen atoms in total. The lowest BCUT2D eigenvalue weighted by atomic mass is 10.1. The van der Waals surface area contributed by atoms with E-state index < -0.39 is 25.5 Å². The molecule has 0 amide bonds. The van der Waals surface area contributed by atoms with Crippen molar-refractivity contribution in [2.45, 2.75) is 19.2 Å². The molecule has 0 heterocycles. The van der Waals surface area contributed by atoms with Gasteiger partial charge in [-0.2, -0.15) is 13.2 Å². The molecule has 1 rings (SSSR count). The van der Waals surface area contributed by atoms with Crippen molar-refractivity contribution in [1.29, 1.82) is 0 Å². The Morgan fingerprint density at radius 2 is 2.06 bits per heavy atom. The van der Waals surface area contributed by atoms with Gasteiger partial charge >= 0.3 is 6.18 Å². The highest BCUT2D eigenvalue weighted by Crippen LogP contribution is 2.22. The normalized spacial score (nSPS) is 13.8. The molecule has 0 saturated heterocycles. The van der Waals surface area contributed by atoms with Crippen LogP contribution < -0.4 is 0 Å². The number of ether oxygens (including phenoxy) is 1. The van der Waals surface area contributed by atoms with Crippen LogP contribution in [-0.2, 0) is 4.74 Å². The molecule has 0 fully saturated rings. The van der Waals surface area contributed by atoms with E-state index in [9.17, 15) is 18.3 Å². The van der Waals surface area contributed by atoms with Gasteiger partial charge in [0.25, 0.3) is 0 Å². The molecule has 0 radical (unpaired) electrons. The Morgan fingerprint density at radius 1 is 1.41 bits per heavy atom. The van der Waals surface area contributed by atoms with Crippen LogP contribution in [0.5, 0.6) is 0 Å². The average Bonchev–Trinajstić information content (AvgIpc) is 2.20. The third-order valence-corrected chi connectivity index (χ3v) is 2.53. The molecular formula is C11H12ClF3O2. The van der Waals surface area contributed by atoms with Crippen molar-refractivity contribution in [2.75, 3.05) is 13.2 Å². The molecule has 0 saturated carbocycles. The van der Waals surface area contributed by atoms with Crippen LogP contribution in [0.1, 0.15) is 17.2 Å². The van der Waals surface area contributed by atoms with Gasteiger partial charge in [0.05, 0.1) is 6.61 Å². The van der Waals surface area contributed by atoms with E-state index in [-0.39, 0.29) is 0 Å². The quantitative estimate of drug-likeness (QED) is 0.908. The van der Waals surface area contributed by atoms with Crippen molar-refractivity contribution in [3.63, 3.8) is 0 Å². The van der Waals surface area contributed by atoms with Crippen molar-refractivity contribution < 1.29 is 23.0 Å². The van der Waals surface area contributed by atoms with Crippen LogP contribution in [0.15, 0.2) is 18.2 Å². The third kappa shape index (κ3) is 4.93. The summed E-state index contributed by atoms with van der Waals surface area (Å²) in [6, 6.07) is 4.80. The zero-order valence-electron chi connectivity index (χ0n) is 9.09. The molecule has 0 aliphatic carbocycles. The lowest BCUT2D eigenvalue weighted by molar-refractivity contribution is -0.179. The first-order valence-electron chi connectivity index (χ1n) is 4.88. The summed E-state index contributed by atoms with van der Waals surface area (Å²) in [6.07, 6.45) is -5.50. The summed E-state index contributed by atoms with van der Waals surface area (Å²) in [6.45, 7) is 0.00119. The topological polar surface area (TPSA) is 29.5 Å². The fraction of sp³-hybridized carbons (Fsp3) is 0.455. The fourth-order valence-corrected chi connectivity index (χ4v) is 1.39. The minimum absolute atomic E-state index is 0.418. The van der Waals surface area contributed by atoms with Crippen molar-refractivity contribution in [3.8, 4) is 0 Å². The Balaban J connectivity index is 2.52. The summed E-state index contributed by atoms with van der Waals surface area (Å²) >= 11 is 5.83. The lowest BCUT2D eigenvalue weighted by Crippen LogP contribution is -2.19. The van der Waals surface area contributed by atoms with E-state index in [4.69, 9.17) is 11.6 Å². The summed E-state index contributed by atoms with van der Waals surface area (Å²) in [5.41, 5.74) is 1.27. The van der Waals surface area contributed by atoms with Crippen molar-refractivity contribution in [2.24, 2.45) is 0 Å². The maximum atomic E-state index is 11.8. The summed E-state index contributed by atoms with van der Waals surface area (Å²) in [5, 5.41) is 10.0. The van der Waals surface area contributed by atoms with Gasteiger partial charge in [-0.1, -0.05) is 23.7 Å². The molecule has 1 aromatic rings. The molecule has 0 aliphatic heterocycles. The van der Waals surface area contributed by atoms with Gasteiger partial charge in [0.2, 0.25) is 0 Å². The van der Waals surface area contributed by atoms with Gasteiger partial charge in [-0.3, -0.25) is 0 Å². The monoisotopic (exact) mass is 268 g/mol. The second-order valence-corrected chi connectivity index (χ2v) is 4.06. The van der Waals surface area contributed by atoms with Crippen LogP contribution >= 0.6 is 11.6 Å². The second kappa shape index (κ2) is 5.71. The minimum Gasteiger partial charge on any atom is -0.386 e. The Morgan fingerprint density at radius 3 is 2.59 bits per heavy atom. The number of benzene rings is 1. The molecule has 0 spiro atoms. The van der Waals surface area contributed by atoms with Gasteiger partial charge in [-0.15, -0.1) is 0 Å². The van der Waals surface area contributed by atoms with E-state index in [0.717, 1.165) is 5.56 Å². The Kier molecular flexibility index (Phi) is 4.80. The van der Waals surface area contributed by atoms with E-state index >= 15 is 0 Å². The smallest absolute Gasteiger partial charge is 0.386 e. The first-order chi connectivity index (χ1) is 7.79. The lowest BCUT2D eigenvalue weighted by Gasteiger charge is -2.13. The summed E-state index contributed by atoms with van der Waals surface area (Å²) < 4.78 is 39.8. The molecule has 0 aromatic heterocycles. The van der Waals surface area contributed by atoms with Crippen LogP contribution in [0.25, 0.3) is 0 Å². The Labute approximate surface area is 102 Å². The van der Waals surface area contributed by atoms with E-state index in [0.29, 0.717) is 10.6 Å². The Bertz CT molecular complexity index is 379. The summed E-state index contributed by atoms with van der Waals surface area (Å²) in [4.78, 5) is 0. The van der Waals surface area contributed by atoms with Crippen molar-refractivity contribution in [3.05, 3.63) is 34.3 Å². The second-order valence-electron chi connectivity index (χ2n) is 3.65. The van der Waals surface area contributed by atoms with Crippen LogP contribution in [0.3, 0.4) is 0 Å². The van der Waals surface area contributed by atoms with Crippen LogP contribution in [0.2, 0.25) is 5.02 Å². The molecule has 0 aliphatic rings. The molecule has 1 N–H and O–H groups in total. The fourth-order valence-electron chi connectivity index (χ4n) is 1.20. The van der Waals surface area contributed by atoms with Crippen LogP contribution in [0.4, 0.5) is 13.2 Å². The number of alkyl halides is 3.